The Hall–Kier alpha value is 0.310. The molecule has 3 atom stereocenters. The van der Waals surface area contributed by atoms with Crippen LogP contribution in [0.3, 0.4) is 0 Å². The number of rotatable bonds is 6. The van der Waals surface area contributed by atoms with Gasteiger partial charge in [0.15, 0.2) is 0 Å². The lowest BCUT2D eigenvalue weighted by molar-refractivity contribution is 0.202. The Labute approximate surface area is 113 Å². The summed E-state index contributed by atoms with van der Waals surface area (Å²) in [5, 5.41) is 3.87. The predicted molar refractivity (Wildman–Crippen MR) is 80.8 cm³/mol. The summed E-state index contributed by atoms with van der Waals surface area (Å²) < 4.78 is 0.459. The highest BCUT2D eigenvalue weighted by Gasteiger charge is 2.30. The van der Waals surface area contributed by atoms with Gasteiger partial charge in [-0.2, -0.15) is 11.8 Å². The van der Waals surface area contributed by atoms with Crippen molar-refractivity contribution in [3.8, 4) is 0 Å². The van der Waals surface area contributed by atoms with Crippen molar-refractivity contribution in [3.63, 3.8) is 0 Å². The van der Waals surface area contributed by atoms with Gasteiger partial charge in [-0.15, -0.1) is 0 Å². The molecule has 0 bridgehead atoms. The van der Waals surface area contributed by atoms with Gasteiger partial charge >= 0.3 is 0 Å². The summed E-state index contributed by atoms with van der Waals surface area (Å²) >= 11 is 2.05. The van der Waals surface area contributed by atoms with Gasteiger partial charge < -0.3 is 5.32 Å². The summed E-state index contributed by atoms with van der Waals surface area (Å²) in [6.07, 6.45) is 9.02. The summed E-state index contributed by atoms with van der Waals surface area (Å²) in [5.41, 5.74) is 0. The van der Waals surface area contributed by atoms with Gasteiger partial charge in [-0.1, -0.05) is 40.5 Å². The zero-order valence-electron chi connectivity index (χ0n) is 12.4. The van der Waals surface area contributed by atoms with E-state index in [4.69, 9.17) is 0 Å². The van der Waals surface area contributed by atoms with Crippen LogP contribution in [-0.2, 0) is 0 Å². The Morgan fingerprint density at radius 1 is 1.18 bits per heavy atom. The SMILES string of the molecule is CCC(CC)(CNC1CCCC(C)C1C)SC. The largest absolute Gasteiger partial charge is 0.312 e. The number of thioether (sulfide) groups is 1. The molecule has 1 saturated carbocycles. The van der Waals surface area contributed by atoms with Crippen molar-refractivity contribution in [2.45, 2.75) is 70.6 Å². The van der Waals surface area contributed by atoms with E-state index in [-0.39, 0.29) is 0 Å². The molecule has 0 saturated heterocycles. The highest BCUT2D eigenvalue weighted by atomic mass is 32.2. The number of hydrogen-bond acceptors (Lipinski definition) is 2. The van der Waals surface area contributed by atoms with Crippen molar-refractivity contribution in [1.82, 2.24) is 5.32 Å². The Morgan fingerprint density at radius 2 is 1.82 bits per heavy atom. The van der Waals surface area contributed by atoms with Crippen molar-refractivity contribution in [2.24, 2.45) is 11.8 Å². The normalized spacial score (nSPS) is 30.5. The van der Waals surface area contributed by atoms with Gasteiger partial charge in [0.2, 0.25) is 0 Å². The van der Waals surface area contributed by atoms with Crippen molar-refractivity contribution < 1.29 is 0 Å². The third-order valence-corrected chi connectivity index (χ3v) is 6.70. The van der Waals surface area contributed by atoms with Gasteiger partial charge in [-0.05, 0) is 37.4 Å². The fourth-order valence-corrected chi connectivity index (χ4v) is 3.85. The van der Waals surface area contributed by atoms with Gasteiger partial charge in [0.05, 0.1) is 0 Å². The number of nitrogens with one attached hydrogen (secondary N) is 1. The topological polar surface area (TPSA) is 12.0 Å². The molecule has 0 amide bonds. The van der Waals surface area contributed by atoms with Crippen LogP contribution in [0.4, 0.5) is 0 Å². The molecule has 17 heavy (non-hydrogen) atoms. The second-order valence-electron chi connectivity index (χ2n) is 5.85. The Bertz CT molecular complexity index is 205. The lowest BCUT2D eigenvalue weighted by Gasteiger charge is -2.38. The molecule has 0 spiro atoms. The van der Waals surface area contributed by atoms with Gasteiger partial charge in [-0.25, -0.2) is 0 Å². The molecule has 1 N–H and O–H groups in total. The molecule has 0 aromatic heterocycles. The van der Waals surface area contributed by atoms with E-state index in [1.54, 1.807) is 0 Å². The minimum absolute atomic E-state index is 0.459. The average Bonchev–Trinajstić information content (AvgIpc) is 2.36. The summed E-state index contributed by atoms with van der Waals surface area (Å²) in [6, 6.07) is 0.753. The molecule has 3 unspecified atom stereocenters. The fourth-order valence-electron chi connectivity index (χ4n) is 3.05. The molecule has 1 aliphatic carbocycles. The second-order valence-corrected chi connectivity index (χ2v) is 7.12. The molecule has 1 fully saturated rings. The Kier molecular flexibility index (Phi) is 6.36. The van der Waals surface area contributed by atoms with Crippen LogP contribution >= 0.6 is 11.8 Å². The fraction of sp³-hybridized carbons (Fsp3) is 1.00. The summed E-state index contributed by atoms with van der Waals surface area (Å²) in [4.78, 5) is 0. The molecule has 0 aliphatic heterocycles. The molecular weight excluding hydrogens is 226 g/mol. The highest BCUT2D eigenvalue weighted by Crippen LogP contribution is 2.33. The Balaban J connectivity index is 2.48. The van der Waals surface area contributed by atoms with Crippen molar-refractivity contribution in [1.29, 1.82) is 0 Å². The van der Waals surface area contributed by atoms with Crippen molar-refractivity contribution >= 4 is 11.8 Å². The summed E-state index contributed by atoms with van der Waals surface area (Å²) in [7, 11) is 0. The molecule has 0 aromatic rings. The smallest absolute Gasteiger partial charge is 0.0276 e. The van der Waals surface area contributed by atoms with Gasteiger partial charge in [0, 0.05) is 17.3 Å². The van der Waals surface area contributed by atoms with E-state index in [1.807, 2.05) is 11.8 Å². The van der Waals surface area contributed by atoms with Gasteiger partial charge in [-0.3, -0.25) is 0 Å². The lowest BCUT2D eigenvalue weighted by atomic mass is 9.78. The van der Waals surface area contributed by atoms with E-state index < -0.39 is 0 Å². The van der Waals surface area contributed by atoms with E-state index in [1.165, 1.54) is 38.6 Å². The quantitative estimate of drug-likeness (QED) is 0.760. The van der Waals surface area contributed by atoms with Crippen LogP contribution in [-0.4, -0.2) is 23.6 Å². The molecule has 2 heteroatoms. The third kappa shape index (κ3) is 3.89. The molecule has 1 rings (SSSR count). The second kappa shape index (κ2) is 7.04. The van der Waals surface area contributed by atoms with Gasteiger partial charge in [0.1, 0.15) is 0 Å². The summed E-state index contributed by atoms with van der Waals surface area (Å²) in [6.45, 7) is 10.7. The maximum Gasteiger partial charge on any atom is 0.0276 e. The van der Waals surface area contributed by atoms with E-state index >= 15 is 0 Å². The van der Waals surface area contributed by atoms with Crippen LogP contribution < -0.4 is 5.32 Å². The monoisotopic (exact) mass is 257 g/mol. The maximum atomic E-state index is 3.87. The minimum Gasteiger partial charge on any atom is -0.312 e. The highest BCUT2D eigenvalue weighted by molar-refractivity contribution is 8.00. The molecule has 1 nitrogen and oxygen atoms in total. The standard InChI is InChI=1S/C15H31NS/c1-6-15(7-2,17-5)11-16-14-10-8-9-12(3)13(14)4/h12-14,16H,6-11H2,1-5H3. The van der Waals surface area contributed by atoms with Gasteiger partial charge in [0.25, 0.3) is 0 Å². The minimum atomic E-state index is 0.459. The number of hydrogen-bond donors (Lipinski definition) is 1. The predicted octanol–water partition coefficient (Wildman–Crippen LogP) is 4.32. The zero-order chi connectivity index (χ0) is 12.9. The van der Waals surface area contributed by atoms with E-state index in [0.717, 1.165) is 17.9 Å². The Morgan fingerprint density at radius 3 is 2.35 bits per heavy atom. The van der Waals surface area contributed by atoms with E-state index in [2.05, 4.69) is 39.3 Å². The van der Waals surface area contributed by atoms with Crippen LogP contribution in [0, 0.1) is 11.8 Å². The van der Waals surface area contributed by atoms with Crippen LogP contribution in [0.5, 0.6) is 0 Å². The lowest BCUT2D eigenvalue weighted by Crippen LogP contribution is -2.47. The van der Waals surface area contributed by atoms with Crippen LogP contribution in [0.25, 0.3) is 0 Å². The molecule has 1 aliphatic rings. The van der Waals surface area contributed by atoms with Crippen LogP contribution in [0.1, 0.15) is 59.8 Å². The first-order valence-corrected chi connectivity index (χ1v) is 8.59. The molecule has 102 valence electrons. The van der Waals surface area contributed by atoms with Crippen molar-refractivity contribution in [2.75, 3.05) is 12.8 Å². The summed E-state index contributed by atoms with van der Waals surface area (Å²) in [5.74, 6) is 1.74. The molecule has 0 aromatic carbocycles. The molecule has 0 heterocycles. The van der Waals surface area contributed by atoms with E-state index in [0.29, 0.717) is 4.75 Å². The molecular formula is C15H31NS. The van der Waals surface area contributed by atoms with E-state index in [9.17, 15) is 0 Å². The average molecular weight is 257 g/mol. The molecule has 0 radical (unpaired) electrons. The van der Waals surface area contributed by atoms with Crippen LogP contribution in [0.2, 0.25) is 0 Å². The maximum absolute atomic E-state index is 3.87. The van der Waals surface area contributed by atoms with Crippen molar-refractivity contribution in [3.05, 3.63) is 0 Å². The third-order valence-electron chi connectivity index (χ3n) is 5.11. The first-order chi connectivity index (χ1) is 8.08. The first-order valence-electron chi connectivity index (χ1n) is 7.37. The van der Waals surface area contributed by atoms with Crippen LogP contribution in [0.15, 0.2) is 0 Å². The first kappa shape index (κ1) is 15.4. The zero-order valence-corrected chi connectivity index (χ0v) is 13.2.